The second-order valence-corrected chi connectivity index (χ2v) is 6.28. The maximum absolute atomic E-state index is 9.84. The Morgan fingerprint density at radius 3 is 2.31 bits per heavy atom. The molecule has 0 aliphatic heterocycles. The quantitative estimate of drug-likeness (QED) is 0.798. The summed E-state index contributed by atoms with van der Waals surface area (Å²) in [5.74, 6) is 2.19. The van der Waals surface area contributed by atoms with E-state index in [1.165, 1.54) is 6.42 Å². The number of rotatable bonds is 4. The van der Waals surface area contributed by atoms with Crippen LogP contribution < -0.4 is 0 Å². The molecule has 0 radical (unpaired) electrons. The average Bonchev–Trinajstić information content (AvgIpc) is 2.15. The van der Waals surface area contributed by atoms with Gasteiger partial charge in [-0.05, 0) is 44.1 Å². The van der Waals surface area contributed by atoms with Crippen molar-refractivity contribution in [3.63, 3.8) is 0 Å². The van der Waals surface area contributed by atoms with Gasteiger partial charge in [0.15, 0.2) is 0 Å². The Hall–Kier alpha value is -0.0800. The Bertz CT molecular complexity index is 203. The Balaban J connectivity index is 2.63. The van der Waals surface area contributed by atoms with E-state index in [0.717, 1.165) is 31.2 Å². The van der Waals surface area contributed by atoms with E-state index in [2.05, 4.69) is 39.6 Å². The smallest absolute Gasteiger partial charge is 0.0555 e. The number of hydrogen-bond donors (Lipinski definition) is 1. The molecule has 1 fully saturated rings. The first-order chi connectivity index (χ1) is 7.41. The van der Waals surface area contributed by atoms with Crippen LogP contribution in [-0.2, 0) is 0 Å². The van der Waals surface area contributed by atoms with Gasteiger partial charge in [0.25, 0.3) is 0 Å². The van der Waals surface area contributed by atoms with Crippen molar-refractivity contribution in [3.8, 4) is 0 Å². The van der Waals surface area contributed by atoms with Gasteiger partial charge in [0.1, 0.15) is 0 Å². The predicted molar refractivity (Wildman–Crippen MR) is 69.4 cm³/mol. The summed E-state index contributed by atoms with van der Waals surface area (Å²) in [5, 5.41) is 9.84. The zero-order valence-electron chi connectivity index (χ0n) is 11.6. The van der Waals surface area contributed by atoms with Crippen LogP contribution in [0.25, 0.3) is 0 Å². The number of nitrogens with zero attached hydrogens (tertiary/aromatic N) is 1. The lowest BCUT2D eigenvalue weighted by molar-refractivity contribution is 0.0184. The first-order valence-electron chi connectivity index (χ1n) is 6.80. The maximum atomic E-state index is 9.84. The first-order valence-corrected chi connectivity index (χ1v) is 6.80. The standard InChI is InChI=1S/C14H29NO/c1-10(2)9-15(5)14-8-12(16)6-7-13(14)11(3)4/h10-14,16H,6-9H2,1-5H3. The second-order valence-electron chi connectivity index (χ2n) is 6.28. The zero-order valence-corrected chi connectivity index (χ0v) is 11.6. The third kappa shape index (κ3) is 3.74. The van der Waals surface area contributed by atoms with Gasteiger partial charge in [-0.2, -0.15) is 0 Å². The number of aliphatic hydroxyl groups is 1. The van der Waals surface area contributed by atoms with E-state index in [1.807, 2.05) is 0 Å². The van der Waals surface area contributed by atoms with Gasteiger partial charge in [-0.1, -0.05) is 27.7 Å². The maximum Gasteiger partial charge on any atom is 0.0555 e. The van der Waals surface area contributed by atoms with Crippen LogP contribution in [-0.4, -0.2) is 35.7 Å². The van der Waals surface area contributed by atoms with Crippen LogP contribution in [0.4, 0.5) is 0 Å². The molecule has 1 aliphatic carbocycles. The third-order valence-electron chi connectivity index (χ3n) is 3.92. The summed E-state index contributed by atoms with van der Waals surface area (Å²) in [5.41, 5.74) is 0. The van der Waals surface area contributed by atoms with Gasteiger partial charge in [0.2, 0.25) is 0 Å². The molecule has 16 heavy (non-hydrogen) atoms. The largest absolute Gasteiger partial charge is 0.393 e. The summed E-state index contributed by atoms with van der Waals surface area (Å²) in [7, 11) is 2.22. The monoisotopic (exact) mass is 227 g/mol. The van der Waals surface area contributed by atoms with Gasteiger partial charge in [-0.15, -0.1) is 0 Å². The van der Waals surface area contributed by atoms with E-state index >= 15 is 0 Å². The number of hydrogen-bond acceptors (Lipinski definition) is 2. The van der Waals surface area contributed by atoms with E-state index in [4.69, 9.17) is 0 Å². The highest BCUT2D eigenvalue weighted by Crippen LogP contribution is 2.33. The molecule has 1 N–H and O–H groups in total. The minimum atomic E-state index is -0.0744. The van der Waals surface area contributed by atoms with Crippen molar-refractivity contribution >= 4 is 0 Å². The fraction of sp³-hybridized carbons (Fsp3) is 1.00. The molecule has 0 spiro atoms. The molecule has 2 nitrogen and oxygen atoms in total. The lowest BCUT2D eigenvalue weighted by Gasteiger charge is -2.42. The highest BCUT2D eigenvalue weighted by atomic mass is 16.3. The van der Waals surface area contributed by atoms with Crippen molar-refractivity contribution < 1.29 is 5.11 Å². The SMILES string of the molecule is CC(C)CN(C)C1CC(O)CCC1C(C)C. The van der Waals surface area contributed by atoms with Gasteiger partial charge in [0.05, 0.1) is 6.10 Å². The highest BCUT2D eigenvalue weighted by molar-refractivity contribution is 4.87. The molecule has 0 bridgehead atoms. The summed E-state index contributed by atoms with van der Waals surface area (Å²) in [6.45, 7) is 10.3. The van der Waals surface area contributed by atoms with Crippen molar-refractivity contribution in [2.45, 2.75) is 59.1 Å². The van der Waals surface area contributed by atoms with Crippen LogP contribution >= 0.6 is 0 Å². The topological polar surface area (TPSA) is 23.5 Å². The van der Waals surface area contributed by atoms with Crippen molar-refractivity contribution in [2.24, 2.45) is 17.8 Å². The van der Waals surface area contributed by atoms with E-state index in [0.29, 0.717) is 12.0 Å². The third-order valence-corrected chi connectivity index (χ3v) is 3.92. The van der Waals surface area contributed by atoms with Crippen LogP contribution in [0.1, 0.15) is 47.0 Å². The van der Waals surface area contributed by atoms with Gasteiger partial charge in [0, 0.05) is 12.6 Å². The Labute approximate surface area is 101 Å². The van der Waals surface area contributed by atoms with E-state index < -0.39 is 0 Å². The van der Waals surface area contributed by atoms with Crippen molar-refractivity contribution in [1.82, 2.24) is 4.90 Å². The molecule has 0 heterocycles. The van der Waals surface area contributed by atoms with Crippen molar-refractivity contribution in [3.05, 3.63) is 0 Å². The summed E-state index contributed by atoms with van der Waals surface area (Å²) in [6.07, 6.45) is 3.07. The molecular weight excluding hydrogens is 198 g/mol. The summed E-state index contributed by atoms with van der Waals surface area (Å²) >= 11 is 0. The minimum Gasteiger partial charge on any atom is -0.393 e. The Kier molecular flexibility index (Phi) is 5.26. The molecule has 3 unspecified atom stereocenters. The molecule has 0 aromatic rings. The summed E-state index contributed by atoms with van der Waals surface area (Å²) < 4.78 is 0. The Morgan fingerprint density at radius 2 is 1.81 bits per heavy atom. The van der Waals surface area contributed by atoms with Crippen LogP contribution in [0.15, 0.2) is 0 Å². The first kappa shape index (κ1) is 14.0. The molecule has 1 rings (SSSR count). The second kappa shape index (κ2) is 6.02. The fourth-order valence-electron chi connectivity index (χ4n) is 3.14. The van der Waals surface area contributed by atoms with Gasteiger partial charge in [-0.3, -0.25) is 0 Å². The molecule has 0 aromatic carbocycles. The molecule has 0 saturated heterocycles. The van der Waals surface area contributed by atoms with E-state index in [1.54, 1.807) is 0 Å². The highest BCUT2D eigenvalue weighted by Gasteiger charge is 2.33. The Morgan fingerprint density at radius 1 is 1.19 bits per heavy atom. The average molecular weight is 227 g/mol. The molecule has 1 saturated carbocycles. The normalized spacial score (nSPS) is 31.7. The fourth-order valence-corrected chi connectivity index (χ4v) is 3.14. The minimum absolute atomic E-state index is 0.0744. The van der Waals surface area contributed by atoms with Crippen LogP contribution in [0, 0.1) is 17.8 Å². The predicted octanol–water partition coefficient (Wildman–Crippen LogP) is 2.76. The lowest BCUT2D eigenvalue weighted by atomic mass is 9.76. The molecule has 96 valence electrons. The van der Waals surface area contributed by atoms with Crippen molar-refractivity contribution in [2.75, 3.05) is 13.6 Å². The molecular formula is C14H29NO. The van der Waals surface area contributed by atoms with Gasteiger partial charge >= 0.3 is 0 Å². The van der Waals surface area contributed by atoms with E-state index in [-0.39, 0.29) is 6.10 Å². The van der Waals surface area contributed by atoms with Crippen molar-refractivity contribution in [1.29, 1.82) is 0 Å². The molecule has 3 atom stereocenters. The van der Waals surface area contributed by atoms with Gasteiger partial charge < -0.3 is 10.0 Å². The van der Waals surface area contributed by atoms with Crippen LogP contribution in [0.2, 0.25) is 0 Å². The molecule has 2 heteroatoms. The van der Waals surface area contributed by atoms with E-state index in [9.17, 15) is 5.11 Å². The molecule has 0 aromatic heterocycles. The van der Waals surface area contributed by atoms with Gasteiger partial charge in [-0.25, -0.2) is 0 Å². The van der Waals surface area contributed by atoms with Crippen LogP contribution in [0.5, 0.6) is 0 Å². The lowest BCUT2D eigenvalue weighted by Crippen LogP contribution is -2.46. The summed E-state index contributed by atoms with van der Waals surface area (Å²) in [6, 6.07) is 0.575. The van der Waals surface area contributed by atoms with Crippen LogP contribution in [0.3, 0.4) is 0 Å². The molecule has 0 amide bonds. The molecule has 1 aliphatic rings. The zero-order chi connectivity index (χ0) is 12.3. The number of aliphatic hydroxyl groups excluding tert-OH is 1. The summed E-state index contributed by atoms with van der Waals surface area (Å²) in [4.78, 5) is 2.47.